The summed E-state index contributed by atoms with van der Waals surface area (Å²) in [6, 6.07) is 21.0. The van der Waals surface area contributed by atoms with E-state index >= 15 is 0 Å². The van der Waals surface area contributed by atoms with Crippen molar-refractivity contribution in [1.82, 2.24) is 4.40 Å². The van der Waals surface area contributed by atoms with Crippen LogP contribution in [0.25, 0.3) is 59.8 Å². The van der Waals surface area contributed by atoms with E-state index in [9.17, 15) is 0 Å². The van der Waals surface area contributed by atoms with E-state index in [0.29, 0.717) is 0 Å². The van der Waals surface area contributed by atoms with Crippen LogP contribution in [0.2, 0.25) is 0 Å². The molecule has 0 radical (unpaired) electrons. The largest absolute Gasteiger partial charge is 0.307 e. The number of aryl methyl sites for hydroxylation is 3. The summed E-state index contributed by atoms with van der Waals surface area (Å²) in [5.74, 6) is 0. The number of benzene rings is 4. The summed E-state index contributed by atoms with van der Waals surface area (Å²) in [4.78, 5) is 0. The average Bonchev–Trinajstić information content (AvgIpc) is 3.20. The molecule has 0 bridgehead atoms. The highest BCUT2D eigenvalue weighted by Gasteiger charge is 2.30. The zero-order valence-corrected chi connectivity index (χ0v) is 24.9. The SMILES string of the molecule is Cc1ccc2c(C)c3c(c(CC(C)(C)C)c2c1)n1c2cccc(C(C)(C)C)c2c2ccc4cc[n+](C)c3c4c21. The Hall–Kier alpha value is -3.65. The molecule has 0 aliphatic heterocycles. The standard InChI is InChI=1S/C37H39N2/c1-21-13-15-24-22(2)30-34(27(26(24)19-21)20-36(3,4)5)39-29-12-10-11-28(37(6,7)8)32(29)25-16-14-23-17-18-38(9)35(30)31(23)33(25)39/h10-19H,20H2,1-9H3/q+1. The minimum atomic E-state index is 0.0410. The minimum absolute atomic E-state index is 0.0410. The normalized spacial score (nSPS) is 13.4. The van der Waals surface area contributed by atoms with Crippen molar-refractivity contribution in [2.24, 2.45) is 12.5 Å². The number of aromatic nitrogens is 2. The van der Waals surface area contributed by atoms with Gasteiger partial charge in [-0.1, -0.05) is 89.6 Å². The summed E-state index contributed by atoms with van der Waals surface area (Å²) >= 11 is 0. The van der Waals surface area contributed by atoms with E-state index in [0.717, 1.165) is 6.42 Å². The number of fused-ring (bicyclic) bond motifs is 7. The lowest BCUT2D eigenvalue weighted by molar-refractivity contribution is -0.643. The van der Waals surface area contributed by atoms with Crippen molar-refractivity contribution in [1.29, 1.82) is 0 Å². The van der Waals surface area contributed by atoms with Crippen molar-refractivity contribution in [2.45, 2.75) is 67.2 Å². The fourth-order valence-electron chi connectivity index (χ4n) is 7.23. The Morgan fingerprint density at radius 3 is 2.21 bits per heavy atom. The lowest BCUT2D eigenvalue weighted by Gasteiger charge is -2.24. The van der Waals surface area contributed by atoms with Gasteiger partial charge in [0.25, 0.3) is 0 Å². The molecule has 4 aromatic carbocycles. The van der Waals surface area contributed by atoms with Crippen LogP contribution in [0.4, 0.5) is 0 Å². The monoisotopic (exact) mass is 511 g/mol. The summed E-state index contributed by atoms with van der Waals surface area (Å²) < 4.78 is 5.01. The third kappa shape index (κ3) is 3.30. The van der Waals surface area contributed by atoms with Crippen LogP contribution >= 0.6 is 0 Å². The molecule has 7 aromatic rings. The molecule has 196 valence electrons. The van der Waals surface area contributed by atoms with Crippen LogP contribution < -0.4 is 4.57 Å². The second-order valence-corrected chi connectivity index (χ2v) is 14.1. The van der Waals surface area contributed by atoms with Crippen molar-refractivity contribution in [3.63, 3.8) is 0 Å². The maximum absolute atomic E-state index is 2.65. The van der Waals surface area contributed by atoms with Crippen molar-refractivity contribution >= 4 is 59.8 Å². The fourth-order valence-corrected chi connectivity index (χ4v) is 7.23. The van der Waals surface area contributed by atoms with Crippen LogP contribution in [0.15, 0.2) is 60.8 Å². The molecule has 3 heterocycles. The Bertz CT molecular complexity index is 2120. The smallest absolute Gasteiger partial charge is 0.224 e. The van der Waals surface area contributed by atoms with E-state index in [-0.39, 0.29) is 10.8 Å². The minimum Gasteiger partial charge on any atom is -0.307 e. The third-order valence-corrected chi connectivity index (χ3v) is 8.83. The number of nitrogens with zero attached hydrogens (tertiary/aromatic N) is 2. The Balaban J connectivity index is 1.93. The molecule has 0 aliphatic rings. The molecule has 0 saturated heterocycles. The molecule has 0 atom stereocenters. The van der Waals surface area contributed by atoms with Crippen LogP contribution in [0.3, 0.4) is 0 Å². The van der Waals surface area contributed by atoms with Gasteiger partial charge in [0.05, 0.1) is 27.3 Å². The Kier molecular flexibility index (Phi) is 4.83. The first-order valence-electron chi connectivity index (χ1n) is 14.3. The van der Waals surface area contributed by atoms with E-state index < -0.39 is 0 Å². The zero-order valence-electron chi connectivity index (χ0n) is 24.9. The zero-order chi connectivity index (χ0) is 27.6. The van der Waals surface area contributed by atoms with Gasteiger partial charge in [-0.15, -0.1) is 0 Å². The number of rotatable bonds is 1. The number of pyridine rings is 2. The molecule has 7 rings (SSSR count). The fraction of sp³-hybridized carbons (Fsp3) is 0.324. The molecule has 39 heavy (non-hydrogen) atoms. The van der Waals surface area contributed by atoms with Gasteiger partial charge < -0.3 is 4.40 Å². The van der Waals surface area contributed by atoms with Gasteiger partial charge in [0.15, 0.2) is 6.20 Å². The van der Waals surface area contributed by atoms with E-state index in [1.54, 1.807) is 0 Å². The predicted octanol–water partition coefficient (Wildman–Crippen LogP) is 9.47. The van der Waals surface area contributed by atoms with Crippen LogP contribution in [-0.2, 0) is 18.9 Å². The highest BCUT2D eigenvalue weighted by atomic mass is 15.0. The van der Waals surface area contributed by atoms with Crippen LogP contribution in [0, 0.1) is 19.3 Å². The van der Waals surface area contributed by atoms with Gasteiger partial charge in [-0.05, 0) is 70.0 Å². The van der Waals surface area contributed by atoms with Crippen LogP contribution in [0.5, 0.6) is 0 Å². The van der Waals surface area contributed by atoms with E-state index in [4.69, 9.17) is 0 Å². The van der Waals surface area contributed by atoms with Crippen LogP contribution in [-0.4, -0.2) is 4.40 Å². The lowest BCUT2D eigenvalue weighted by atomic mass is 9.82. The quantitative estimate of drug-likeness (QED) is 0.118. The first-order chi connectivity index (χ1) is 18.4. The van der Waals surface area contributed by atoms with Crippen molar-refractivity contribution in [3.8, 4) is 0 Å². The highest BCUT2D eigenvalue weighted by molar-refractivity contribution is 6.29. The molecule has 0 unspecified atom stereocenters. The van der Waals surface area contributed by atoms with E-state index in [2.05, 4.69) is 132 Å². The second kappa shape index (κ2) is 7.72. The molecule has 0 N–H and O–H groups in total. The van der Waals surface area contributed by atoms with E-state index in [1.165, 1.54) is 82.0 Å². The van der Waals surface area contributed by atoms with Crippen LogP contribution in [0.1, 0.15) is 63.8 Å². The molecular formula is C37H39N2+. The van der Waals surface area contributed by atoms with E-state index in [1.807, 2.05) is 0 Å². The number of hydrogen-bond acceptors (Lipinski definition) is 0. The summed E-state index contributed by atoms with van der Waals surface area (Å²) in [6.45, 7) is 18.7. The molecule has 0 amide bonds. The van der Waals surface area contributed by atoms with Crippen molar-refractivity contribution < 1.29 is 4.57 Å². The van der Waals surface area contributed by atoms with Crippen molar-refractivity contribution in [3.05, 3.63) is 83.0 Å². The molecule has 3 aromatic heterocycles. The summed E-state index contributed by atoms with van der Waals surface area (Å²) in [7, 11) is 2.22. The Labute approximate surface area is 231 Å². The van der Waals surface area contributed by atoms with Crippen molar-refractivity contribution in [2.75, 3.05) is 0 Å². The first kappa shape index (κ1) is 24.4. The number of hydrogen-bond donors (Lipinski definition) is 0. The highest BCUT2D eigenvalue weighted by Crippen LogP contribution is 2.46. The maximum Gasteiger partial charge on any atom is 0.224 e. The topological polar surface area (TPSA) is 8.29 Å². The van der Waals surface area contributed by atoms with Gasteiger partial charge in [-0.25, -0.2) is 4.57 Å². The summed E-state index contributed by atoms with van der Waals surface area (Å²) in [5.41, 5.74) is 11.2. The molecule has 0 aliphatic carbocycles. The predicted molar refractivity (Wildman–Crippen MR) is 169 cm³/mol. The van der Waals surface area contributed by atoms with Gasteiger partial charge in [-0.3, -0.25) is 0 Å². The summed E-state index contributed by atoms with van der Waals surface area (Å²) in [5, 5.41) is 9.61. The summed E-state index contributed by atoms with van der Waals surface area (Å²) in [6.07, 6.45) is 3.26. The molecule has 2 nitrogen and oxygen atoms in total. The molecular weight excluding hydrogens is 472 g/mol. The molecule has 0 saturated carbocycles. The Morgan fingerprint density at radius 1 is 0.744 bits per heavy atom. The Morgan fingerprint density at radius 2 is 1.49 bits per heavy atom. The molecule has 2 heteroatoms. The van der Waals surface area contributed by atoms with Gasteiger partial charge >= 0.3 is 0 Å². The van der Waals surface area contributed by atoms with Gasteiger partial charge in [0.1, 0.15) is 7.05 Å². The maximum atomic E-state index is 2.65. The third-order valence-electron chi connectivity index (χ3n) is 8.83. The first-order valence-corrected chi connectivity index (χ1v) is 14.3. The molecule has 0 spiro atoms. The van der Waals surface area contributed by atoms with Gasteiger partial charge in [-0.2, -0.15) is 0 Å². The molecule has 0 fully saturated rings. The second-order valence-electron chi connectivity index (χ2n) is 14.1. The van der Waals surface area contributed by atoms with Gasteiger partial charge in [0, 0.05) is 16.8 Å². The lowest BCUT2D eigenvalue weighted by Crippen LogP contribution is -2.29. The average molecular weight is 512 g/mol. The van der Waals surface area contributed by atoms with Gasteiger partial charge in [0.2, 0.25) is 5.52 Å².